The van der Waals surface area contributed by atoms with Crippen LogP contribution in [0.5, 0.6) is 0 Å². The number of likely N-dealkylation sites (N-methyl/N-ethyl adjacent to an activating group) is 1. The van der Waals surface area contributed by atoms with E-state index < -0.39 is 0 Å². The van der Waals surface area contributed by atoms with Crippen molar-refractivity contribution in [2.24, 2.45) is 0 Å². The van der Waals surface area contributed by atoms with E-state index in [1.54, 1.807) is 0 Å². The number of hydrogen-bond acceptors (Lipinski definition) is 4. The molecule has 0 aromatic carbocycles. The maximum absolute atomic E-state index is 11.9. The van der Waals surface area contributed by atoms with Gasteiger partial charge in [-0.05, 0) is 13.3 Å². The third kappa shape index (κ3) is 3.69. The summed E-state index contributed by atoms with van der Waals surface area (Å²) in [5.74, 6) is 0.00332. The van der Waals surface area contributed by atoms with E-state index in [1.165, 1.54) is 0 Å². The SMILES string of the molecule is CCNC(=O)C1COCCN1C(CC)CC#N. The lowest BCUT2D eigenvalue weighted by molar-refractivity contribution is -0.134. The standard InChI is InChI=1S/C12H21N3O2/c1-3-10(5-6-13)15-7-8-17-9-11(15)12(16)14-4-2/h10-11H,3-5,7-9H2,1-2H3,(H,14,16). The molecule has 1 rings (SSSR count). The van der Waals surface area contributed by atoms with Gasteiger partial charge in [-0.1, -0.05) is 6.92 Å². The van der Waals surface area contributed by atoms with Gasteiger partial charge in [0, 0.05) is 19.1 Å². The number of carbonyl (C=O) groups excluding carboxylic acids is 1. The number of hydrogen-bond donors (Lipinski definition) is 1. The molecule has 1 fully saturated rings. The number of rotatable bonds is 5. The molecule has 1 saturated heterocycles. The number of nitrogens with zero attached hydrogens (tertiary/aromatic N) is 2. The molecule has 5 heteroatoms. The van der Waals surface area contributed by atoms with Gasteiger partial charge in [-0.3, -0.25) is 9.69 Å². The van der Waals surface area contributed by atoms with Gasteiger partial charge in [0.1, 0.15) is 6.04 Å². The second-order valence-electron chi connectivity index (χ2n) is 4.15. The normalized spacial score (nSPS) is 22.8. The Morgan fingerprint density at radius 1 is 1.65 bits per heavy atom. The first-order chi connectivity index (χ1) is 8.24. The summed E-state index contributed by atoms with van der Waals surface area (Å²) in [4.78, 5) is 14.0. The monoisotopic (exact) mass is 239 g/mol. The Hall–Kier alpha value is -1.12. The molecule has 1 heterocycles. The van der Waals surface area contributed by atoms with Crippen LogP contribution in [-0.2, 0) is 9.53 Å². The van der Waals surface area contributed by atoms with Crippen molar-refractivity contribution in [3.05, 3.63) is 0 Å². The van der Waals surface area contributed by atoms with Crippen molar-refractivity contribution in [1.82, 2.24) is 10.2 Å². The molecule has 2 atom stereocenters. The molecule has 1 amide bonds. The maximum Gasteiger partial charge on any atom is 0.239 e. The van der Waals surface area contributed by atoms with E-state index in [-0.39, 0.29) is 18.0 Å². The molecule has 1 aliphatic heterocycles. The lowest BCUT2D eigenvalue weighted by Crippen LogP contribution is -2.57. The summed E-state index contributed by atoms with van der Waals surface area (Å²) in [6.45, 7) is 6.36. The molecule has 0 aliphatic carbocycles. The zero-order chi connectivity index (χ0) is 12.7. The number of ether oxygens (including phenoxy) is 1. The van der Waals surface area contributed by atoms with Crippen LogP contribution in [0.25, 0.3) is 0 Å². The summed E-state index contributed by atoms with van der Waals surface area (Å²) in [7, 11) is 0. The topological polar surface area (TPSA) is 65.4 Å². The van der Waals surface area contributed by atoms with Crippen molar-refractivity contribution < 1.29 is 9.53 Å². The molecular weight excluding hydrogens is 218 g/mol. The summed E-state index contributed by atoms with van der Waals surface area (Å²) < 4.78 is 5.37. The fourth-order valence-electron chi connectivity index (χ4n) is 2.17. The average molecular weight is 239 g/mol. The number of nitrogens with one attached hydrogen (secondary N) is 1. The average Bonchev–Trinajstić information content (AvgIpc) is 2.36. The van der Waals surface area contributed by atoms with Crippen LogP contribution in [0.3, 0.4) is 0 Å². The molecule has 17 heavy (non-hydrogen) atoms. The number of carbonyl (C=O) groups is 1. The van der Waals surface area contributed by atoms with Gasteiger partial charge in [0.15, 0.2) is 0 Å². The van der Waals surface area contributed by atoms with Gasteiger partial charge in [-0.25, -0.2) is 0 Å². The van der Waals surface area contributed by atoms with Crippen LogP contribution >= 0.6 is 0 Å². The van der Waals surface area contributed by atoms with Crippen molar-refractivity contribution in [2.75, 3.05) is 26.3 Å². The highest BCUT2D eigenvalue weighted by molar-refractivity contribution is 5.82. The summed E-state index contributed by atoms with van der Waals surface area (Å²) in [6, 6.07) is 2.09. The van der Waals surface area contributed by atoms with E-state index in [4.69, 9.17) is 10.00 Å². The molecule has 1 aliphatic rings. The fourth-order valence-corrected chi connectivity index (χ4v) is 2.17. The van der Waals surface area contributed by atoms with Gasteiger partial charge in [-0.2, -0.15) is 5.26 Å². The lowest BCUT2D eigenvalue weighted by Gasteiger charge is -2.39. The molecule has 0 radical (unpaired) electrons. The smallest absolute Gasteiger partial charge is 0.239 e. The zero-order valence-electron chi connectivity index (χ0n) is 10.6. The predicted octanol–water partition coefficient (Wildman–Crippen LogP) is 0.516. The Morgan fingerprint density at radius 2 is 2.41 bits per heavy atom. The molecule has 0 aromatic heterocycles. The van der Waals surface area contributed by atoms with E-state index in [2.05, 4.69) is 16.3 Å². The van der Waals surface area contributed by atoms with Gasteiger partial charge < -0.3 is 10.1 Å². The van der Waals surface area contributed by atoms with Crippen LogP contribution in [0.2, 0.25) is 0 Å². The Kier molecular flexibility index (Phi) is 5.95. The first kappa shape index (κ1) is 13.9. The van der Waals surface area contributed by atoms with Crippen LogP contribution in [0.1, 0.15) is 26.7 Å². The van der Waals surface area contributed by atoms with E-state index in [1.807, 2.05) is 13.8 Å². The van der Waals surface area contributed by atoms with Crippen LogP contribution in [-0.4, -0.2) is 49.2 Å². The molecule has 0 spiro atoms. The Balaban J connectivity index is 2.70. The van der Waals surface area contributed by atoms with Gasteiger partial charge in [-0.15, -0.1) is 0 Å². The van der Waals surface area contributed by atoms with Gasteiger partial charge in [0.05, 0.1) is 25.7 Å². The minimum Gasteiger partial charge on any atom is -0.378 e. The molecule has 0 aromatic rings. The molecule has 5 nitrogen and oxygen atoms in total. The number of amides is 1. The Bertz CT molecular complexity index is 288. The first-order valence-corrected chi connectivity index (χ1v) is 6.22. The minimum absolute atomic E-state index is 0.00332. The highest BCUT2D eigenvalue weighted by Crippen LogP contribution is 2.16. The zero-order valence-corrected chi connectivity index (χ0v) is 10.6. The van der Waals surface area contributed by atoms with Crippen LogP contribution < -0.4 is 5.32 Å². The highest BCUT2D eigenvalue weighted by Gasteiger charge is 2.33. The minimum atomic E-state index is -0.248. The first-order valence-electron chi connectivity index (χ1n) is 6.22. The summed E-state index contributed by atoms with van der Waals surface area (Å²) in [5.41, 5.74) is 0. The largest absolute Gasteiger partial charge is 0.378 e. The van der Waals surface area contributed by atoms with Crippen LogP contribution in [0.4, 0.5) is 0 Å². The highest BCUT2D eigenvalue weighted by atomic mass is 16.5. The summed E-state index contributed by atoms with van der Waals surface area (Å²) >= 11 is 0. The predicted molar refractivity (Wildman–Crippen MR) is 64.3 cm³/mol. The fraction of sp³-hybridized carbons (Fsp3) is 0.833. The quantitative estimate of drug-likeness (QED) is 0.759. The van der Waals surface area contributed by atoms with E-state index >= 15 is 0 Å². The van der Waals surface area contributed by atoms with Gasteiger partial charge in [0.25, 0.3) is 0 Å². The molecular formula is C12H21N3O2. The molecule has 1 N–H and O–H groups in total. The Morgan fingerprint density at radius 3 is 3.00 bits per heavy atom. The van der Waals surface area contributed by atoms with Crippen molar-refractivity contribution >= 4 is 5.91 Å². The van der Waals surface area contributed by atoms with E-state index in [9.17, 15) is 4.79 Å². The third-order valence-electron chi connectivity index (χ3n) is 3.09. The Labute approximate surface area is 103 Å². The van der Waals surface area contributed by atoms with Crippen molar-refractivity contribution in [2.45, 2.75) is 38.8 Å². The molecule has 0 bridgehead atoms. The van der Waals surface area contributed by atoms with Crippen molar-refractivity contribution in [3.63, 3.8) is 0 Å². The van der Waals surface area contributed by atoms with E-state index in [0.29, 0.717) is 26.2 Å². The molecule has 0 saturated carbocycles. The van der Waals surface area contributed by atoms with E-state index in [0.717, 1.165) is 13.0 Å². The van der Waals surface area contributed by atoms with Crippen LogP contribution in [0, 0.1) is 11.3 Å². The van der Waals surface area contributed by atoms with Gasteiger partial charge >= 0.3 is 0 Å². The third-order valence-corrected chi connectivity index (χ3v) is 3.09. The second kappa shape index (κ2) is 7.25. The maximum atomic E-state index is 11.9. The number of morpholine rings is 1. The second-order valence-corrected chi connectivity index (χ2v) is 4.15. The summed E-state index contributed by atoms with van der Waals surface area (Å²) in [6.07, 6.45) is 1.34. The molecule has 2 unspecified atom stereocenters. The van der Waals surface area contributed by atoms with Crippen molar-refractivity contribution in [3.8, 4) is 6.07 Å². The van der Waals surface area contributed by atoms with Crippen molar-refractivity contribution in [1.29, 1.82) is 5.26 Å². The molecule has 96 valence electrons. The van der Waals surface area contributed by atoms with Crippen LogP contribution in [0.15, 0.2) is 0 Å². The summed E-state index contributed by atoms with van der Waals surface area (Å²) in [5, 5.41) is 11.6. The lowest BCUT2D eigenvalue weighted by atomic mass is 10.1. The number of nitriles is 1. The van der Waals surface area contributed by atoms with Gasteiger partial charge in [0.2, 0.25) is 5.91 Å².